The van der Waals surface area contributed by atoms with Crippen molar-refractivity contribution < 1.29 is 14.3 Å². The quantitative estimate of drug-likeness (QED) is 0.105. The van der Waals surface area contributed by atoms with Crippen LogP contribution in [0.4, 0.5) is 0 Å². The number of H-pyrrole nitrogens is 1. The van der Waals surface area contributed by atoms with E-state index in [1.807, 2.05) is 28.8 Å². The molecule has 12 heteroatoms. The smallest absolute Gasteiger partial charge is 0.250 e. The van der Waals surface area contributed by atoms with Gasteiger partial charge in [-0.05, 0) is 87.6 Å². The van der Waals surface area contributed by atoms with E-state index in [-0.39, 0.29) is 0 Å². The van der Waals surface area contributed by atoms with Crippen LogP contribution in [-0.2, 0) is 11.5 Å². The number of benzene rings is 2. The number of amides is 2. The van der Waals surface area contributed by atoms with E-state index in [9.17, 15) is 9.59 Å². The van der Waals surface area contributed by atoms with Crippen LogP contribution in [0.3, 0.4) is 0 Å². The summed E-state index contributed by atoms with van der Waals surface area (Å²) in [7, 11) is -1.10. The van der Waals surface area contributed by atoms with Gasteiger partial charge in [0.25, 0.3) is 11.8 Å². The maximum Gasteiger partial charge on any atom is 0.250 e. The molecule has 4 rings (SSSR count). The van der Waals surface area contributed by atoms with E-state index in [4.69, 9.17) is 16.2 Å². The third-order valence-corrected chi connectivity index (χ3v) is 9.97. The number of halogens is 4. The van der Waals surface area contributed by atoms with Gasteiger partial charge >= 0.3 is 0 Å². The van der Waals surface area contributed by atoms with Crippen molar-refractivity contribution in [3.63, 3.8) is 0 Å². The van der Waals surface area contributed by atoms with Gasteiger partial charge in [0, 0.05) is 34.4 Å². The Labute approximate surface area is 254 Å². The van der Waals surface area contributed by atoms with Crippen LogP contribution < -0.4 is 11.5 Å². The average Bonchev–Trinajstić information content (AvgIpc) is 3.32. The van der Waals surface area contributed by atoms with E-state index in [1.165, 1.54) is 0 Å². The highest BCUT2D eigenvalue weighted by Gasteiger charge is 2.17. The molecular weight excluding hydrogens is 834 g/mol. The fourth-order valence-corrected chi connectivity index (χ4v) is 6.44. The number of primary amides is 2. The molecule has 0 saturated carbocycles. The van der Waals surface area contributed by atoms with Crippen LogP contribution in [0.25, 0.3) is 21.8 Å². The maximum atomic E-state index is 11.7. The van der Waals surface area contributed by atoms with E-state index < -0.39 is 19.9 Å². The molecule has 0 unspecified atom stereocenters. The minimum absolute atomic E-state index is 0.416. The Hall–Kier alpha value is -0.943. The van der Waals surface area contributed by atoms with Crippen LogP contribution in [-0.4, -0.2) is 36.0 Å². The van der Waals surface area contributed by atoms with Gasteiger partial charge in [-0.2, -0.15) is 0 Å². The third-order valence-electron chi connectivity index (χ3n) is 5.41. The maximum absolute atomic E-state index is 11.7. The first-order chi connectivity index (χ1) is 16.8. The molecule has 0 saturated heterocycles. The third kappa shape index (κ3) is 7.12. The minimum atomic E-state index is -1.10. The Kier molecular flexibility index (Phi) is 10.1. The normalized spacial score (nSPS) is 11.5. The Morgan fingerprint density at radius 2 is 1.56 bits per heavy atom. The van der Waals surface area contributed by atoms with Crippen LogP contribution in [0.1, 0.15) is 20.7 Å². The van der Waals surface area contributed by atoms with Gasteiger partial charge < -0.3 is 25.8 Å². The van der Waals surface area contributed by atoms with E-state index in [2.05, 4.69) is 102 Å². The molecular formula is C24H26Br2I2N4O3Si. The summed E-state index contributed by atoms with van der Waals surface area (Å²) in [6.45, 7) is 8.16. The van der Waals surface area contributed by atoms with Gasteiger partial charge in [-0.15, -0.1) is 0 Å². The zero-order valence-corrected chi connectivity index (χ0v) is 28.4. The standard InChI is InChI=1S/C15H20BrIN2O2Si.C9H6BrIN2O/c1-22(2,3)7-6-21-9-19-13(17)8-11-12(16)5-4-10(14(11)19)15(18)20;10-6-2-1-4(9(12)14)8-5(6)3-7(11)13-8/h4-5,8H,6-7,9H2,1-3H3,(H2,18,20);1-3,13H,(H2,12,14). The van der Waals surface area contributed by atoms with Crippen molar-refractivity contribution in [3.8, 4) is 0 Å². The highest BCUT2D eigenvalue weighted by Crippen LogP contribution is 2.31. The Morgan fingerprint density at radius 1 is 0.972 bits per heavy atom. The number of nitrogens with zero attached hydrogens (tertiary/aromatic N) is 1. The zero-order valence-electron chi connectivity index (χ0n) is 19.9. The minimum Gasteiger partial charge on any atom is -0.366 e. The van der Waals surface area contributed by atoms with Crippen molar-refractivity contribution in [2.75, 3.05) is 6.61 Å². The number of rotatable bonds is 7. The van der Waals surface area contributed by atoms with E-state index in [0.29, 0.717) is 17.9 Å². The predicted octanol–water partition coefficient (Wildman–Crippen LogP) is 7.05. The van der Waals surface area contributed by atoms with Gasteiger partial charge in [-0.1, -0.05) is 51.5 Å². The summed E-state index contributed by atoms with van der Waals surface area (Å²) >= 11 is 11.4. The Bertz CT molecular complexity index is 1450. The lowest BCUT2D eigenvalue weighted by molar-refractivity contribution is 0.0883. The number of nitrogens with two attached hydrogens (primary N) is 2. The summed E-state index contributed by atoms with van der Waals surface area (Å²) in [5, 5.41) is 1.96. The molecule has 2 amide bonds. The average molecular weight is 860 g/mol. The summed E-state index contributed by atoms with van der Waals surface area (Å²) in [6.07, 6.45) is 0. The second-order valence-corrected chi connectivity index (χ2v) is 18.9. The van der Waals surface area contributed by atoms with Crippen LogP contribution in [0.15, 0.2) is 45.3 Å². The molecule has 192 valence electrons. The lowest BCUT2D eigenvalue weighted by atomic mass is 10.1. The summed E-state index contributed by atoms with van der Waals surface area (Å²) in [4.78, 5) is 25.9. The molecule has 0 aliphatic heterocycles. The van der Waals surface area contributed by atoms with Crippen molar-refractivity contribution in [2.45, 2.75) is 32.4 Å². The molecule has 36 heavy (non-hydrogen) atoms. The number of carbonyl (C=O) groups is 2. The second kappa shape index (κ2) is 12.3. The zero-order chi connectivity index (χ0) is 26.8. The lowest BCUT2D eigenvalue weighted by Gasteiger charge is -2.16. The van der Waals surface area contributed by atoms with E-state index in [1.54, 1.807) is 12.1 Å². The molecule has 0 radical (unpaired) electrons. The molecule has 7 nitrogen and oxygen atoms in total. The van der Waals surface area contributed by atoms with Crippen molar-refractivity contribution in [2.24, 2.45) is 11.5 Å². The van der Waals surface area contributed by atoms with Crippen LogP contribution in [0.5, 0.6) is 0 Å². The molecule has 0 spiro atoms. The van der Waals surface area contributed by atoms with E-state index >= 15 is 0 Å². The molecule has 2 heterocycles. The second-order valence-electron chi connectivity index (χ2n) is 9.33. The summed E-state index contributed by atoms with van der Waals surface area (Å²) < 4.78 is 11.8. The van der Waals surface area contributed by atoms with Crippen molar-refractivity contribution in [3.05, 3.63) is 63.9 Å². The predicted molar refractivity (Wildman–Crippen MR) is 172 cm³/mol. The summed E-state index contributed by atoms with van der Waals surface area (Å²) in [5.74, 6) is -0.837. The fraction of sp³-hybridized carbons (Fsp3) is 0.250. The highest BCUT2D eigenvalue weighted by atomic mass is 127. The number of hydrogen-bond acceptors (Lipinski definition) is 3. The largest absolute Gasteiger partial charge is 0.366 e. The number of nitrogens with one attached hydrogen (secondary N) is 1. The van der Waals surface area contributed by atoms with Crippen molar-refractivity contribution in [1.82, 2.24) is 9.55 Å². The monoisotopic (exact) mass is 858 g/mol. The summed E-state index contributed by atoms with van der Waals surface area (Å²) in [5.41, 5.74) is 13.4. The van der Waals surface area contributed by atoms with Gasteiger partial charge in [0.15, 0.2) is 0 Å². The summed E-state index contributed by atoms with van der Waals surface area (Å²) in [6, 6.07) is 12.3. The Morgan fingerprint density at radius 3 is 2.14 bits per heavy atom. The molecule has 0 atom stereocenters. The van der Waals surface area contributed by atoms with Crippen LogP contribution >= 0.6 is 77.0 Å². The van der Waals surface area contributed by atoms with Crippen LogP contribution in [0.2, 0.25) is 25.7 Å². The van der Waals surface area contributed by atoms with Gasteiger partial charge in [-0.25, -0.2) is 0 Å². The molecule has 5 N–H and O–H groups in total. The van der Waals surface area contributed by atoms with Gasteiger partial charge in [0.05, 0.1) is 29.6 Å². The van der Waals surface area contributed by atoms with Gasteiger partial charge in [0.2, 0.25) is 0 Å². The number of ether oxygens (including phenoxy) is 1. The van der Waals surface area contributed by atoms with Gasteiger partial charge in [0.1, 0.15) is 6.73 Å². The lowest BCUT2D eigenvalue weighted by Crippen LogP contribution is -2.22. The molecule has 0 aliphatic carbocycles. The first kappa shape index (κ1) is 29.6. The fourth-order valence-electron chi connectivity index (χ4n) is 3.53. The molecule has 2 aromatic carbocycles. The molecule has 2 aromatic heterocycles. The SMILES string of the molecule is C[Si](C)(C)CCOCn1c(I)cc2c(Br)ccc(C(N)=O)c21.NC(=O)c1ccc(Br)c2cc(I)[nH]c12. The van der Waals surface area contributed by atoms with E-state index in [0.717, 1.165) is 50.8 Å². The molecule has 4 aromatic rings. The number of aromatic nitrogens is 2. The first-order valence-corrected chi connectivity index (χ1v) is 18.4. The van der Waals surface area contributed by atoms with Crippen LogP contribution in [0, 0.1) is 7.40 Å². The Balaban J connectivity index is 0.000000221. The number of hydrogen-bond donors (Lipinski definition) is 3. The molecule has 0 bridgehead atoms. The number of aromatic amines is 1. The van der Waals surface area contributed by atoms with Gasteiger partial charge in [-0.3, -0.25) is 9.59 Å². The molecule has 0 fully saturated rings. The first-order valence-electron chi connectivity index (χ1n) is 10.9. The molecule has 0 aliphatic rings. The topological polar surface area (TPSA) is 116 Å². The number of carbonyl (C=O) groups excluding carboxylic acids is 2. The van der Waals surface area contributed by atoms with Crippen molar-refractivity contribution >= 4 is 119 Å². The number of fused-ring (bicyclic) bond motifs is 2. The van der Waals surface area contributed by atoms with Crippen molar-refractivity contribution in [1.29, 1.82) is 0 Å². The highest BCUT2D eigenvalue weighted by molar-refractivity contribution is 14.1.